The Kier molecular flexibility index (Phi) is 3.12. The fourth-order valence-electron chi connectivity index (χ4n) is 5.36. The Morgan fingerprint density at radius 1 is 0.667 bits per heavy atom. The molecule has 0 aromatic heterocycles. The van der Waals surface area contributed by atoms with Gasteiger partial charge in [-0.2, -0.15) is 0 Å². The molecule has 1 saturated heterocycles. The van der Waals surface area contributed by atoms with E-state index in [4.69, 9.17) is 0 Å². The summed E-state index contributed by atoms with van der Waals surface area (Å²) in [6.45, 7) is 5.45. The number of rotatable bonds is 2. The van der Waals surface area contributed by atoms with E-state index < -0.39 is 0 Å². The molecule has 3 unspecified atom stereocenters. The van der Waals surface area contributed by atoms with Crippen LogP contribution in [0.4, 0.5) is 0 Å². The minimum absolute atomic E-state index is 0.951. The topological polar surface area (TPSA) is 6.48 Å². The van der Waals surface area contributed by atoms with Crippen molar-refractivity contribution in [3.05, 3.63) is 0 Å². The maximum absolute atomic E-state index is 2.86. The number of nitrogens with zero attached hydrogens (tertiary/aromatic N) is 2. The third kappa shape index (κ3) is 2.02. The lowest BCUT2D eigenvalue weighted by Gasteiger charge is -2.43. The van der Waals surface area contributed by atoms with Gasteiger partial charge < -0.3 is 0 Å². The molecule has 2 nitrogen and oxygen atoms in total. The second-order valence-corrected chi connectivity index (χ2v) is 7.25. The number of fused-ring (bicyclic) bond motifs is 2. The van der Waals surface area contributed by atoms with Gasteiger partial charge in [0.1, 0.15) is 0 Å². The van der Waals surface area contributed by atoms with E-state index in [1.54, 1.807) is 12.8 Å². The normalized spacial score (nSPS) is 43.0. The van der Waals surface area contributed by atoms with Crippen LogP contribution < -0.4 is 0 Å². The number of hydrogen-bond donors (Lipinski definition) is 0. The monoisotopic (exact) mass is 248 g/mol. The third-order valence-corrected chi connectivity index (χ3v) is 6.36. The summed E-state index contributed by atoms with van der Waals surface area (Å²) < 4.78 is 0. The molecule has 0 aromatic carbocycles. The largest absolute Gasteiger partial charge is 0.298 e. The Morgan fingerprint density at radius 2 is 1.39 bits per heavy atom. The highest BCUT2D eigenvalue weighted by molar-refractivity contribution is 4.97. The molecule has 0 radical (unpaired) electrons. The molecule has 1 heterocycles. The van der Waals surface area contributed by atoms with Crippen molar-refractivity contribution in [3.8, 4) is 0 Å². The van der Waals surface area contributed by atoms with Crippen molar-refractivity contribution in [3.63, 3.8) is 0 Å². The summed E-state index contributed by atoms with van der Waals surface area (Å²) in [6.07, 6.45) is 12.1. The fourth-order valence-corrected chi connectivity index (χ4v) is 5.36. The van der Waals surface area contributed by atoms with Crippen LogP contribution >= 0.6 is 0 Å². The molecule has 18 heavy (non-hydrogen) atoms. The van der Waals surface area contributed by atoms with Gasteiger partial charge in [-0.15, -0.1) is 0 Å². The Labute approximate surface area is 112 Å². The Bertz CT molecular complexity index is 289. The first kappa shape index (κ1) is 11.7. The summed E-state index contributed by atoms with van der Waals surface area (Å²) >= 11 is 0. The van der Waals surface area contributed by atoms with Crippen molar-refractivity contribution >= 4 is 0 Å². The summed E-state index contributed by atoms with van der Waals surface area (Å²) in [5.74, 6) is 2.18. The molecule has 2 bridgehead atoms. The molecule has 0 amide bonds. The molecule has 4 fully saturated rings. The predicted molar refractivity (Wildman–Crippen MR) is 74.6 cm³/mol. The summed E-state index contributed by atoms with van der Waals surface area (Å²) in [7, 11) is 0. The van der Waals surface area contributed by atoms with Crippen LogP contribution in [0, 0.1) is 11.8 Å². The molecule has 4 aliphatic rings. The van der Waals surface area contributed by atoms with E-state index in [0.717, 1.165) is 23.9 Å². The molecule has 0 aromatic rings. The highest BCUT2D eigenvalue weighted by Gasteiger charge is 2.43. The third-order valence-electron chi connectivity index (χ3n) is 6.36. The zero-order valence-corrected chi connectivity index (χ0v) is 11.7. The highest BCUT2D eigenvalue weighted by Crippen LogP contribution is 2.46. The van der Waals surface area contributed by atoms with Crippen LogP contribution in [-0.4, -0.2) is 48.1 Å². The lowest BCUT2D eigenvalue weighted by Crippen LogP contribution is -2.53. The maximum Gasteiger partial charge on any atom is 0.0127 e. The van der Waals surface area contributed by atoms with E-state index in [1.807, 2.05) is 0 Å². The number of piperazine rings is 1. The van der Waals surface area contributed by atoms with E-state index in [-0.39, 0.29) is 0 Å². The predicted octanol–water partition coefficient (Wildman–Crippen LogP) is 2.74. The van der Waals surface area contributed by atoms with E-state index in [1.165, 1.54) is 64.7 Å². The van der Waals surface area contributed by atoms with E-state index >= 15 is 0 Å². The molecule has 3 saturated carbocycles. The van der Waals surface area contributed by atoms with E-state index in [9.17, 15) is 0 Å². The molecule has 4 rings (SSSR count). The van der Waals surface area contributed by atoms with Gasteiger partial charge in [-0.25, -0.2) is 0 Å². The average molecular weight is 248 g/mol. The molecule has 1 aliphatic heterocycles. The zero-order chi connectivity index (χ0) is 11.9. The van der Waals surface area contributed by atoms with Crippen LogP contribution in [0.15, 0.2) is 0 Å². The molecule has 3 aliphatic carbocycles. The average Bonchev–Trinajstić information content (AvgIpc) is 3.16. The van der Waals surface area contributed by atoms with Gasteiger partial charge in [0.15, 0.2) is 0 Å². The van der Waals surface area contributed by atoms with Crippen LogP contribution in [0.1, 0.15) is 51.4 Å². The number of hydrogen-bond acceptors (Lipinski definition) is 2. The van der Waals surface area contributed by atoms with Crippen molar-refractivity contribution < 1.29 is 0 Å². The molecule has 0 spiro atoms. The van der Waals surface area contributed by atoms with Gasteiger partial charge >= 0.3 is 0 Å². The van der Waals surface area contributed by atoms with Crippen LogP contribution in [-0.2, 0) is 0 Å². The quantitative estimate of drug-likeness (QED) is 0.741. The van der Waals surface area contributed by atoms with Crippen LogP contribution in [0.5, 0.6) is 0 Å². The maximum atomic E-state index is 2.86. The summed E-state index contributed by atoms with van der Waals surface area (Å²) in [5.41, 5.74) is 0. The van der Waals surface area contributed by atoms with Gasteiger partial charge in [0.05, 0.1) is 0 Å². The standard InChI is InChI=1S/C16H28N2/c1-2-4-15(3-1)17-7-9-18(10-8-17)16-12-13-5-6-14(16)11-13/h13-16H,1-12H2. The summed E-state index contributed by atoms with van der Waals surface area (Å²) in [4.78, 5) is 5.66. The minimum Gasteiger partial charge on any atom is -0.298 e. The summed E-state index contributed by atoms with van der Waals surface area (Å²) in [5, 5.41) is 0. The van der Waals surface area contributed by atoms with Crippen LogP contribution in [0.2, 0.25) is 0 Å². The molecular weight excluding hydrogens is 220 g/mol. The lowest BCUT2D eigenvalue weighted by molar-refractivity contribution is 0.0517. The van der Waals surface area contributed by atoms with Gasteiger partial charge in [0, 0.05) is 38.3 Å². The van der Waals surface area contributed by atoms with Crippen molar-refractivity contribution in [1.29, 1.82) is 0 Å². The first-order valence-corrected chi connectivity index (χ1v) is 8.38. The van der Waals surface area contributed by atoms with Crippen LogP contribution in [0.25, 0.3) is 0 Å². The fraction of sp³-hybridized carbons (Fsp3) is 1.00. The summed E-state index contributed by atoms with van der Waals surface area (Å²) in [6, 6.07) is 1.93. The van der Waals surface area contributed by atoms with Crippen molar-refractivity contribution in [2.75, 3.05) is 26.2 Å². The SMILES string of the molecule is C1CCC(N2CCN(C3CC4CCC3C4)CC2)C1. The molecular formula is C16H28N2. The molecule has 3 atom stereocenters. The van der Waals surface area contributed by atoms with Crippen LogP contribution in [0.3, 0.4) is 0 Å². The molecule has 102 valence electrons. The smallest absolute Gasteiger partial charge is 0.0127 e. The van der Waals surface area contributed by atoms with Crippen molar-refractivity contribution in [2.45, 2.75) is 63.5 Å². The Hall–Kier alpha value is -0.0800. The van der Waals surface area contributed by atoms with E-state index in [0.29, 0.717) is 0 Å². The van der Waals surface area contributed by atoms with Gasteiger partial charge in [0.25, 0.3) is 0 Å². The second-order valence-electron chi connectivity index (χ2n) is 7.25. The van der Waals surface area contributed by atoms with Gasteiger partial charge in [-0.1, -0.05) is 19.3 Å². The van der Waals surface area contributed by atoms with Gasteiger partial charge in [-0.3, -0.25) is 9.80 Å². The Balaban J connectivity index is 1.32. The molecule has 0 N–H and O–H groups in total. The molecule has 2 heteroatoms. The van der Waals surface area contributed by atoms with Gasteiger partial charge in [-0.05, 0) is 43.9 Å². The highest BCUT2D eigenvalue weighted by atomic mass is 15.3. The second kappa shape index (κ2) is 4.79. The lowest BCUT2D eigenvalue weighted by atomic mass is 9.93. The Morgan fingerprint density at radius 3 is 2.00 bits per heavy atom. The van der Waals surface area contributed by atoms with E-state index in [2.05, 4.69) is 9.80 Å². The van der Waals surface area contributed by atoms with Crippen molar-refractivity contribution in [1.82, 2.24) is 9.80 Å². The first-order valence-electron chi connectivity index (χ1n) is 8.38. The minimum atomic E-state index is 0.951. The van der Waals surface area contributed by atoms with Gasteiger partial charge in [0.2, 0.25) is 0 Å². The zero-order valence-electron chi connectivity index (χ0n) is 11.7. The van der Waals surface area contributed by atoms with Crippen molar-refractivity contribution in [2.24, 2.45) is 11.8 Å². The first-order chi connectivity index (χ1) is 8.90.